The van der Waals surface area contributed by atoms with Gasteiger partial charge in [0.15, 0.2) is 18.1 Å². The van der Waals surface area contributed by atoms with E-state index in [4.69, 9.17) is 9.47 Å². The summed E-state index contributed by atoms with van der Waals surface area (Å²) < 4.78 is 11.0. The Bertz CT molecular complexity index is 821. The summed E-state index contributed by atoms with van der Waals surface area (Å²) in [5.74, 6) is 1.00. The second kappa shape index (κ2) is 10.00. The van der Waals surface area contributed by atoms with Crippen molar-refractivity contribution in [3.05, 3.63) is 64.7 Å². The van der Waals surface area contributed by atoms with Gasteiger partial charge in [0.1, 0.15) is 0 Å². The van der Waals surface area contributed by atoms with Crippen molar-refractivity contribution in [2.75, 3.05) is 13.7 Å². The van der Waals surface area contributed by atoms with Crippen LogP contribution in [0.25, 0.3) is 6.08 Å². The topological polar surface area (TPSA) is 59.6 Å². The predicted octanol–water partition coefficient (Wildman–Crippen LogP) is 3.45. The summed E-state index contributed by atoms with van der Waals surface area (Å²) in [6, 6.07) is 11.9. The fourth-order valence-corrected chi connectivity index (χ4v) is 2.95. The molecule has 0 atom stereocenters. The van der Waals surface area contributed by atoms with E-state index in [-0.39, 0.29) is 24.9 Å². The molecule has 1 aliphatic rings. The minimum absolute atomic E-state index is 0. The van der Waals surface area contributed by atoms with Gasteiger partial charge in [0.25, 0.3) is 5.91 Å². The first kappa shape index (κ1) is 20.8. The van der Waals surface area contributed by atoms with E-state index in [0.717, 1.165) is 24.2 Å². The summed E-state index contributed by atoms with van der Waals surface area (Å²) in [7, 11) is 1.59. The highest BCUT2D eigenvalue weighted by Gasteiger charge is 2.11. The van der Waals surface area contributed by atoms with Crippen molar-refractivity contribution >= 4 is 24.4 Å². The molecular weight excluding hydrogens is 364 g/mol. The van der Waals surface area contributed by atoms with E-state index in [1.807, 2.05) is 37.3 Å². The van der Waals surface area contributed by atoms with Gasteiger partial charge in [0.2, 0.25) is 0 Å². The van der Waals surface area contributed by atoms with Crippen LogP contribution in [0.5, 0.6) is 11.5 Å². The third-order valence-corrected chi connectivity index (χ3v) is 4.30. The van der Waals surface area contributed by atoms with Crippen molar-refractivity contribution in [1.82, 2.24) is 10.6 Å². The van der Waals surface area contributed by atoms with E-state index < -0.39 is 0 Å². The Labute approximate surface area is 166 Å². The summed E-state index contributed by atoms with van der Waals surface area (Å²) in [6.07, 6.45) is 3.93. The van der Waals surface area contributed by atoms with E-state index in [0.29, 0.717) is 18.0 Å². The Balaban J connectivity index is 0.00000261. The molecule has 3 rings (SSSR count). The summed E-state index contributed by atoms with van der Waals surface area (Å²) in [6.45, 7) is 4.21. The number of carbonyl (C=O) groups is 1. The van der Waals surface area contributed by atoms with Crippen LogP contribution in [0.2, 0.25) is 0 Å². The highest BCUT2D eigenvalue weighted by molar-refractivity contribution is 5.85. The maximum atomic E-state index is 12.1. The molecule has 144 valence electrons. The van der Waals surface area contributed by atoms with Crippen LogP contribution in [-0.2, 0) is 24.4 Å². The average Bonchev–Trinajstić information content (AvgIpc) is 3.13. The lowest BCUT2D eigenvalue weighted by Gasteiger charge is -2.12. The number of hydrogen-bond donors (Lipinski definition) is 2. The van der Waals surface area contributed by atoms with Gasteiger partial charge in [0, 0.05) is 19.6 Å². The Morgan fingerprint density at radius 1 is 1.15 bits per heavy atom. The molecule has 0 spiro atoms. The molecule has 2 aromatic carbocycles. The van der Waals surface area contributed by atoms with E-state index in [1.54, 1.807) is 7.11 Å². The molecule has 0 fully saturated rings. The number of nitrogens with one attached hydrogen (secondary N) is 2. The Morgan fingerprint density at radius 3 is 2.74 bits per heavy atom. The molecule has 1 heterocycles. The number of benzene rings is 2. The smallest absolute Gasteiger partial charge is 0.258 e. The number of rotatable bonds is 7. The zero-order valence-corrected chi connectivity index (χ0v) is 16.4. The second-order valence-corrected chi connectivity index (χ2v) is 6.18. The van der Waals surface area contributed by atoms with Crippen LogP contribution in [-0.4, -0.2) is 19.6 Å². The van der Waals surface area contributed by atoms with Crippen molar-refractivity contribution < 1.29 is 14.3 Å². The SMILES string of the molecule is C/C=C/c1ccc(OCC(=O)NCc2ccc3c(c2)CNC3)c(OC)c1.Cl. The van der Waals surface area contributed by atoms with Crippen LogP contribution in [0, 0.1) is 0 Å². The number of fused-ring (bicyclic) bond motifs is 1. The van der Waals surface area contributed by atoms with Crippen LogP contribution >= 0.6 is 12.4 Å². The Kier molecular flexibility index (Phi) is 7.70. The number of methoxy groups -OCH3 is 1. The summed E-state index contributed by atoms with van der Waals surface area (Å²) in [4.78, 5) is 12.1. The molecule has 0 aliphatic carbocycles. The molecule has 0 saturated carbocycles. The van der Waals surface area contributed by atoms with Gasteiger partial charge < -0.3 is 20.1 Å². The van der Waals surface area contributed by atoms with E-state index in [1.165, 1.54) is 11.1 Å². The molecule has 0 radical (unpaired) electrons. The van der Waals surface area contributed by atoms with Crippen molar-refractivity contribution in [2.24, 2.45) is 0 Å². The van der Waals surface area contributed by atoms with Gasteiger partial charge in [-0.05, 0) is 41.3 Å². The van der Waals surface area contributed by atoms with Crippen molar-refractivity contribution in [3.8, 4) is 11.5 Å². The van der Waals surface area contributed by atoms with Gasteiger partial charge >= 0.3 is 0 Å². The maximum absolute atomic E-state index is 12.1. The predicted molar refractivity (Wildman–Crippen MR) is 109 cm³/mol. The third kappa shape index (κ3) is 5.49. The summed E-state index contributed by atoms with van der Waals surface area (Å²) in [5.41, 5.74) is 4.75. The van der Waals surface area contributed by atoms with Gasteiger partial charge in [-0.25, -0.2) is 0 Å². The molecule has 1 aliphatic heterocycles. The largest absolute Gasteiger partial charge is 0.493 e. The molecule has 0 saturated heterocycles. The molecule has 1 amide bonds. The van der Waals surface area contributed by atoms with Crippen LogP contribution in [0.4, 0.5) is 0 Å². The van der Waals surface area contributed by atoms with Crippen molar-refractivity contribution in [1.29, 1.82) is 0 Å². The Morgan fingerprint density at radius 2 is 1.96 bits per heavy atom. The lowest BCUT2D eigenvalue weighted by Crippen LogP contribution is -2.28. The molecule has 2 N–H and O–H groups in total. The number of ether oxygens (including phenoxy) is 2. The van der Waals surface area contributed by atoms with Crippen molar-refractivity contribution in [3.63, 3.8) is 0 Å². The lowest BCUT2D eigenvalue weighted by molar-refractivity contribution is -0.123. The number of allylic oxidation sites excluding steroid dienone is 1. The quantitative estimate of drug-likeness (QED) is 0.762. The number of amides is 1. The molecular formula is C21H25ClN2O3. The number of hydrogen-bond acceptors (Lipinski definition) is 4. The first-order chi connectivity index (χ1) is 12.7. The Hall–Kier alpha value is -2.50. The first-order valence-corrected chi connectivity index (χ1v) is 8.71. The molecule has 0 aromatic heterocycles. The second-order valence-electron chi connectivity index (χ2n) is 6.18. The minimum atomic E-state index is -0.164. The van der Waals surface area contributed by atoms with Crippen LogP contribution in [0.1, 0.15) is 29.2 Å². The van der Waals surface area contributed by atoms with E-state index in [2.05, 4.69) is 28.8 Å². The standard InChI is InChI=1S/C21H24N2O3.ClH/c1-3-4-15-6-8-19(20(10-15)25-2)26-14-21(24)23-11-16-5-7-17-12-22-13-18(17)9-16;/h3-10,22H,11-14H2,1-2H3,(H,23,24);1H/b4-3+;. The first-order valence-electron chi connectivity index (χ1n) is 8.71. The van der Waals surface area contributed by atoms with E-state index >= 15 is 0 Å². The van der Waals surface area contributed by atoms with Gasteiger partial charge in [-0.1, -0.05) is 36.4 Å². The van der Waals surface area contributed by atoms with Gasteiger partial charge in [-0.3, -0.25) is 4.79 Å². The van der Waals surface area contributed by atoms with Crippen LogP contribution in [0.3, 0.4) is 0 Å². The van der Waals surface area contributed by atoms with Gasteiger partial charge in [-0.2, -0.15) is 0 Å². The van der Waals surface area contributed by atoms with Crippen LogP contribution < -0.4 is 20.1 Å². The highest BCUT2D eigenvalue weighted by atomic mass is 35.5. The molecule has 27 heavy (non-hydrogen) atoms. The van der Waals surface area contributed by atoms with Gasteiger partial charge in [0.05, 0.1) is 7.11 Å². The van der Waals surface area contributed by atoms with Gasteiger partial charge in [-0.15, -0.1) is 12.4 Å². The zero-order valence-electron chi connectivity index (χ0n) is 15.6. The third-order valence-electron chi connectivity index (χ3n) is 4.30. The van der Waals surface area contributed by atoms with Crippen LogP contribution in [0.15, 0.2) is 42.5 Å². The van der Waals surface area contributed by atoms with E-state index in [9.17, 15) is 4.79 Å². The normalized spacial score (nSPS) is 12.4. The zero-order chi connectivity index (χ0) is 18.4. The summed E-state index contributed by atoms with van der Waals surface area (Å²) in [5, 5.41) is 6.21. The lowest BCUT2D eigenvalue weighted by atomic mass is 10.1. The summed E-state index contributed by atoms with van der Waals surface area (Å²) >= 11 is 0. The van der Waals surface area contributed by atoms with Crippen molar-refractivity contribution in [2.45, 2.75) is 26.6 Å². The monoisotopic (exact) mass is 388 g/mol. The molecule has 0 bridgehead atoms. The number of carbonyl (C=O) groups excluding carboxylic acids is 1. The maximum Gasteiger partial charge on any atom is 0.258 e. The molecule has 2 aromatic rings. The molecule has 0 unspecified atom stereocenters. The fraction of sp³-hybridized carbons (Fsp3) is 0.286. The molecule has 5 nitrogen and oxygen atoms in total. The minimum Gasteiger partial charge on any atom is -0.493 e. The average molecular weight is 389 g/mol. The highest BCUT2D eigenvalue weighted by Crippen LogP contribution is 2.28. The molecule has 6 heteroatoms. The number of halogens is 1. The fourth-order valence-electron chi connectivity index (χ4n) is 2.95.